The van der Waals surface area contributed by atoms with Crippen LogP contribution in [-0.4, -0.2) is 33.7 Å². The number of amides is 1. The van der Waals surface area contributed by atoms with E-state index in [9.17, 15) is 13.2 Å². The van der Waals surface area contributed by atoms with E-state index in [1.165, 1.54) is 32.4 Å². The van der Waals surface area contributed by atoms with Crippen LogP contribution in [0.1, 0.15) is 5.69 Å². The van der Waals surface area contributed by atoms with Gasteiger partial charge in [-0.1, -0.05) is 29.4 Å². The van der Waals surface area contributed by atoms with Gasteiger partial charge in [0.2, 0.25) is 5.91 Å². The average molecular weight is 468 g/mol. The molecule has 4 aromatic rings. The molecule has 1 heterocycles. The van der Waals surface area contributed by atoms with Crippen LogP contribution in [0.5, 0.6) is 11.5 Å². The van der Waals surface area contributed by atoms with Gasteiger partial charge in [0.15, 0.2) is 5.58 Å². The van der Waals surface area contributed by atoms with Crippen molar-refractivity contribution in [1.82, 2.24) is 5.16 Å². The average Bonchev–Trinajstić information content (AvgIpc) is 3.22. The van der Waals surface area contributed by atoms with Crippen molar-refractivity contribution in [3.63, 3.8) is 0 Å². The number of carbonyl (C=O) groups is 1. The number of benzene rings is 3. The number of sulfonamides is 1. The predicted molar refractivity (Wildman–Crippen MR) is 123 cm³/mol. The zero-order valence-corrected chi connectivity index (χ0v) is 18.7. The first-order chi connectivity index (χ1) is 15.9. The number of nitrogens with one attached hydrogen (secondary N) is 2. The quantitative estimate of drug-likeness (QED) is 0.404. The van der Waals surface area contributed by atoms with E-state index >= 15 is 0 Å². The molecular formula is C23H21N3O6S. The Labute approximate surface area is 190 Å². The molecule has 10 heteroatoms. The second kappa shape index (κ2) is 9.21. The number of carbonyl (C=O) groups excluding carboxylic acids is 1. The Balaban J connectivity index is 1.58. The van der Waals surface area contributed by atoms with Crippen molar-refractivity contribution in [3.05, 3.63) is 72.4 Å². The van der Waals surface area contributed by atoms with Gasteiger partial charge in [-0.15, -0.1) is 0 Å². The standard InChI is InChI=1S/C23H21N3O6S/c1-30-21-10-6-4-8-17(21)26-33(28,29)15-11-12-22(31-2)19(13-15)24-23(27)14-18-16-7-3-5-9-20(16)32-25-18/h3-13,26H,14H2,1-2H3,(H,24,27). The largest absolute Gasteiger partial charge is 0.495 e. The molecule has 170 valence electrons. The minimum absolute atomic E-state index is 0.0589. The van der Waals surface area contributed by atoms with Gasteiger partial charge in [-0.2, -0.15) is 0 Å². The lowest BCUT2D eigenvalue weighted by atomic mass is 10.1. The molecule has 9 nitrogen and oxygen atoms in total. The third-order valence-electron chi connectivity index (χ3n) is 4.89. The molecule has 4 rings (SSSR count). The van der Waals surface area contributed by atoms with Crippen LogP contribution in [0.15, 0.2) is 76.1 Å². The molecule has 0 spiro atoms. The molecule has 0 aliphatic heterocycles. The normalized spacial score (nSPS) is 11.2. The van der Waals surface area contributed by atoms with Crippen LogP contribution in [-0.2, 0) is 21.2 Å². The fourth-order valence-corrected chi connectivity index (χ4v) is 4.39. The maximum Gasteiger partial charge on any atom is 0.262 e. The Morgan fingerprint density at radius 1 is 0.939 bits per heavy atom. The third-order valence-corrected chi connectivity index (χ3v) is 6.25. The number of nitrogens with zero attached hydrogens (tertiary/aromatic N) is 1. The minimum Gasteiger partial charge on any atom is -0.495 e. The molecule has 1 aromatic heterocycles. The predicted octanol–water partition coefficient (Wildman–Crippen LogP) is 3.83. The number of ether oxygens (including phenoxy) is 2. The van der Waals surface area contributed by atoms with Crippen LogP contribution in [0.2, 0.25) is 0 Å². The van der Waals surface area contributed by atoms with Gasteiger partial charge in [0.1, 0.15) is 17.2 Å². The second-order valence-corrected chi connectivity index (χ2v) is 8.70. The van der Waals surface area contributed by atoms with Gasteiger partial charge in [0, 0.05) is 5.39 Å². The van der Waals surface area contributed by atoms with E-state index in [0.717, 1.165) is 5.39 Å². The summed E-state index contributed by atoms with van der Waals surface area (Å²) >= 11 is 0. The lowest BCUT2D eigenvalue weighted by Crippen LogP contribution is -2.17. The Morgan fingerprint density at radius 2 is 1.64 bits per heavy atom. The van der Waals surface area contributed by atoms with E-state index < -0.39 is 15.9 Å². The van der Waals surface area contributed by atoms with Gasteiger partial charge in [-0.25, -0.2) is 8.42 Å². The molecule has 0 unspecified atom stereocenters. The lowest BCUT2D eigenvalue weighted by molar-refractivity contribution is -0.115. The van der Waals surface area contributed by atoms with E-state index in [1.54, 1.807) is 30.3 Å². The Kier molecular flexibility index (Phi) is 6.18. The molecule has 0 saturated heterocycles. The Hall–Kier alpha value is -4.05. The summed E-state index contributed by atoms with van der Waals surface area (Å²) in [6.45, 7) is 0. The zero-order valence-electron chi connectivity index (χ0n) is 17.9. The molecule has 0 fully saturated rings. The van der Waals surface area contributed by atoms with Crippen LogP contribution in [0.25, 0.3) is 11.0 Å². The number of rotatable bonds is 8. The molecule has 0 aliphatic rings. The fraction of sp³-hybridized carbons (Fsp3) is 0.130. The number of hydrogen-bond acceptors (Lipinski definition) is 7. The first-order valence-corrected chi connectivity index (χ1v) is 11.4. The van der Waals surface area contributed by atoms with E-state index in [-0.39, 0.29) is 17.0 Å². The van der Waals surface area contributed by atoms with Crippen molar-refractivity contribution < 1.29 is 27.2 Å². The first-order valence-electron chi connectivity index (χ1n) is 9.88. The highest BCUT2D eigenvalue weighted by Crippen LogP contribution is 2.31. The summed E-state index contributed by atoms with van der Waals surface area (Å²) in [7, 11) is -1.09. The molecule has 0 radical (unpaired) electrons. The lowest BCUT2D eigenvalue weighted by Gasteiger charge is -2.14. The van der Waals surface area contributed by atoms with E-state index in [0.29, 0.717) is 28.5 Å². The van der Waals surface area contributed by atoms with Crippen molar-refractivity contribution >= 4 is 38.3 Å². The van der Waals surface area contributed by atoms with Crippen molar-refractivity contribution in [2.75, 3.05) is 24.3 Å². The van der Waals surface area contributed by atoms with E-state index in [1.807, 2.05) is 18.2 Å². The molecule has 33 heavy (non-hydrogen) atoms. The van der Waals surface area contributed by atoms with Crippen molar-refractivity contribution in [2.24, 2.45) is 0 Å². The van der Waals surface area contributed by atoms with Gasteiger partial charge in [0.25, 0.3) is 10.0 Å². The summed E-state index contributed by atoms with van der Waals surface area (Å²) < 4.78 is 44.2. The van der Waals surface area contributed by atoms with Gasteiger partial charge in [-0.3, -0.25) is 9.52 Å². The molecule has 0 saturated carbocycles. The zero-order chi connectivity index (χ0) is 23.4. The summed E-state index contributed by atoms with van der Waals surface area (Å²) in [5, 5.41) is 7.39. The number of aromatic nitrogens is 1. The van der Waals surface area contributed by atoms with Crippen LogP contribution >= 0.6 is 0 Å². The molecule has 1 amide bonds. The molecule has 2 N–H and O–H groups in total. The molecule has 0 atom stereocenters. The summed E-state index contributed by atoms with van der Waals surface area (Å²) in [6, 6.07) is 18.0. The van der Waals surface area contributed by atoms with E-state index in [2.05, 4.69) is 15.2 Å². The third kappa shape index (κ3) is 4.75. The number of methoxy groups -OCH3 is 2. The summed E-state index contributed by atoms with van der Waals surface area (Å²) in [5.74, 6) is 0.284. The maximum atomic E-state index is 13.0. The molecule has 3 aromatic carbocycles. The minimum atomic E-state index is -3.97. The summed E-state index contributed by atoms with van der Waals surface area (Å²) in [6.07, 6.45) is -0.0589. The fourth-order valence-electron chi connectivity index (χ4n) is 3.30. The topological polar surface area (TPSA) is 120 Å². The van der Waals surface area contributed by atoms with Crippen LogP contribution in [0.3, 0.4) is 0 Å². The smallest absolute Gasteiger partial charge is 0.262 e. The highest BCUT2D eigenvalue weighted by atomic mass is 32.2. The number of fused-ring (bicyclic) bond motifs is 1. The van der Waals surface area contributed by atoms with Crippen LogP contribution < -0.4 is 19.5 Å². The maximum absolute atomic E-state index is 13.0. The highest BCUT2D eigenvalue weighted by molar-refractivity contribution is 7.92. The van der Waals surface area contributed by atoms with Crippen molar-refractivity contribution in [1.29, 1.82) is 0 Å². The number of hydrogen-bond donors (Lipinski definition) is 2. The van der Waals surface area contributed by atoms with Crippen molar-refractivity contribution in [3.8, 4) is 11.5 Å². The second-order valence-electron chi connectivity index (χ2n) is 7.02. The van der Waals surface area contributed by atoms with Crippen LogP contribution in [0, 0.1) is 0 Å². The number of para-hydroxylation sites is 3. The summed E-state index contributed by atoms with van der Waals surface area (Å²) in [4.78, 5) is 12.6. The Morgan fingerprint density at radius 3 is 2.42 bits per heavy atom. The van der Waals surface area contributed by atoms with Gasteiger partial charge < -0.3 is 19.3 Å². The van der Waals surface area contributed by atoms with Crippen molar-refractivity contribution in [2.45, 2.75) is 11.3 Å². The van der Waals surface area contributed by atoms with Crippen LogP contribution in [0.4, 0.5) is 11.4 Å². The van der Waals surface area contributed by atoms with Gasteiger partial charge >= 0.3 is 0 Å². The molecule has 0 aliphatic carbocycles. The molecule has 0 bridgehead atoms. The summed E-state index contributed by atoms with van der Waals surface area (Å²) in [5.41, 5.74) is 1.55. The van der Waals surface area contributed by atoms with Gasteiger partial charge in [0.05, 0.1) is 36.9 Å². The first kappa shape index (κ1) is 22.2. The number of anilines is 2. The van der Waals surface area contributed by atoms with E-state index in [4.69, 9.17) is 14.0 Å². The SMILES string of the molecule is COc1ccc(S(=O)(=O)Nc2ccccc2OC)cc1NC(=O)Cc1noc2ccccc12. The monoisotopic (exact) mass is 467 g/mol. The highest BCUT2D eigenvalue weighted by Gasteiger charge is 2.20. The Bertz CT molecular complexity index is 1410. The van der Waals surface area contributed by atoms with Gasteiger partial charge in [-0.05, 0) is 42.5 Å². The molecular weight excluding hydrogens is 446 g/mol.